The average Bonchev–Trinajstić information content (AvgIpc) is 2.38. The van der Waals surface area contributed by atoms with E-state index in [4.69, 9.17) is 15.2 Å². The quantitative estimate of drug-likeness (QED) is 0.787. The van der Waals surface area contributed by atoms with Crippen LogP contribution in [-0.2, 0) is 9.53 Å². The maximum atomic E-state index is 11.8. The highest BCUT2D eigenvalue weighted by Gasteiger charge is 2.18. The molecule has 5 nitrogen and oxygen atoms in total. The Labute approximate surface area is 107 Å². The number of nitrogens with one attached hydrogen (secondary N) is 1. The number of rotatable bonds is 6. The summed E-state index contributed by atoms with van der Waals surface area (Å²) in [5.41, 5.74) is 6.57. The average molecular weight is 252 g/mol. The maximum absolute atomic E-state index is 11.8. The van der Waals surface area contributed by atoms with Gasteiger partial charge in [-0.15, -0.1) is 0 Å². The van der Waals surface area contributed by atoms with Gasteiger partial charge in [0.1, 0.15) is 11.8 Å². The second kappa shape index (κ2) is 6.98. The molecule has 0 bridgehead atoms. The summed E-state index contributed by atoms with van der Waals surface area (Å²) in [4.78, 5) is 11.8. The molecule has 3 N–H and O–H groups in total. The predicted octanol–water partition coefficient (Wildman–Crippen LogP) is 0.846. The van der Waals surface area contributed by atoms with E-state index >= 15 is 0 Å². The van der Waals surface area contributed by atoms with E-state index in [2.05, 4.69) is 5.32 Å². The van der Waals surface area contributed by atoms with Crippen molar-refractivity contribution in [2.75, 3.05) is 20.8 Å². The van der Waals surface area contributed by atoms with Crippen molar-refractivity contribution < 1.29 is 14.3 Å². The fraction of sp³-hybridized carbons (Fsp3) is 0.462. The normalized spacial score (nSPS) is 13.8. The third-order valence-corrected chi connectivity index (χ3v) is 2.65. The van der Waals surface area contributed by atoms with Crippen molar-refractivity contribution in [1.82, 2.24) is 5.32 Å². The van der Waals surface area contributed by atoms with Gasteiger partial charge in [0.05, 0.1) is 19.8 Å². The Morgan fingerprint density at radius 2 is 2.06 bits per heavy atom. The molecule has 2 unspecified atom stereocenters. The van der Waals surface area contributed by atoms with Gasteiger partial charge in [-0.25, -0.2) is 0 Å². The van der Waals surface area contributed by atoms with E-state index in [0.717, 1.165) is 11.3 Å². The molecule has 0 aliphatic heterocycles. The van der Waals surface area contributed by atoms with Crippen LogP contribution in [0.1, 0.15) is 18.5 Å². The molecule has 0 saturated carbocycles. The highest BCUT2D eigenvalue weighted by atomic mass is 16.5. The maximum Gasteiger partial charge on any atom is 0.239 e. The number of methoxy groups -OCH3 is 2. The van der Waals surface area contributed by atoms with Crippen LogP contribution >= 0.6 is 0 Å². The van der Waals surface area contributed by atoms with Gasteiger partial charge in [0.15, 0.2) is 0 Å². The van der Waals surface area contributed by atoms with Gasteiger partial charge in [-0.2, -0.15) is 0 Å². The van der Waals surface area contributed by atoms with E-state index < -0.39 is 6.04 Å². The van der Waals surface area contributed by atoms with Crippen molar-refractivity contribution >= 4 is 5.91 Å². The molecule has 0 aromatic heterocycles. The molecule has 1 rings (SSSR count). The molecule has 1 aromatic carbocycles. The number of hydrogen-bond donors (Lipinski definition) is 2. The number of amides is 1. The van der Waals surface area contributed by atoms with Crippen LogP contribution in [0.15, 0.2) is 24.3 Å². The molecular formula is C13H20N2O3. The summed E-state index contributed by atoms with van der Waals surface area (Å²) >= 11 is 0. The second-order valence-electron chi connectivity index (χ2n) is 4.03. The Balaban J connectivity index is 2.70. The molecule has 1 amide bonds. The SMILES string of the molecule is COCC(N)C(=O)NC(C)c1ccccc1OC. The molecular weight excluding hydrogens is 232 g/mol. The lowest BCUT2D eigenvalue weighted by Gasteiger charge is -2.19. The first-order valence-corrected chi connectivity index (χ1v) is 5.78. The van der Waals surface area contributed by atoms with Crippen LogP contribution < -0.4 is 15.8 Å². The van der Waals surface area contributed by atoms with Crippen LogP contribution in [-0.4, -0.2) is 32.8 Å². The standard InChI is InChI=1S/C13H20N2O3/c1-9(15-13(16)11(14)8-17-2)10-6-4-5-7-12(10)18-3/h4-7,9,11H,8,14H2,1-3H3,(H,15,16). The zero-order valence-corrected chi connectivity index (χ0v) is 11.0. The van der Waals surface area contributed by atoms with Gasteiger partial charge in [-0.05, 0) is 13.0 Å². The molecule has 1 aromatic rings. The number of carbonyl (C=O) groups is 1. The summed E-state index contributed by atoms with van der Waals surface area (Å²) < 4.78 is 10.1. The van der Waals surface area contributed by atoms with Crippen LogP contribution in [0.3, 0.4) is 0 Å². The molecule has 0 aliphatic rings. The summed E-state index contributed by atoms with van der Waals surface area (Å²) in [6.07, 6.45) is 0. The molecule has 100 valence electrons. The Hall–Kier alpha value is -1.59. The Kier molecular flexibility index (Phi) is 5.61. The summed E-state index contributed by atoms with van der Waals surface area (Å²) in [7, 11) is 3.11. The second-order valence-corrected chi connectivity index (χ2v) is 4.03. The predicted molar refractivity (Wildman–Crippen MR) is 69.4 cm³/mol. The zero-order chi connectivity index (χ0) is 13.5. The highest BCUT2D eigenvalue weighted by molar-refractivity contribution is 5.82. The molecule has 0 saturated heterocycles. The smallest absolute Gasteiger partial charge is 0.239 e. The van der Waals surface area contributed by atoms with Crippen LogP contribution in [0.5, 0.6) is 5.75 Å². The largest absolute Gasteiger partial charge is 0.496 e. The summed E-state index contributed by atoms with van der Waals surface area (Å²) in [6, 6.07) is 6.71. The van der Waals surface area contributed by atoms with E-state index in [9.17, 15) is 4.79 Å². The van der Waals surface area contributed by atoms with Crippen molar-refractivity contribution in [2.24, 2.45) is 5.73 Å². The minimum Gasteiger partial charge on any atom is -0.496 e. The highest BCUT2D eigenvalue weighted by Crippen LogP contribution is 2.24. The van der Waals surface area contributed by atoms with E-state index in [0.29, 0.717) is 0 Å². The van der Waals surface area contributed by atoms with E-state index in [1.807, 2.05) is 31.2 Å². The monoisotopic (exact) mass is 252 g/mol. The van der Waals surface area contributed by atoms with Gasteiger partial charge >= 0.3 is 0 Å². The number of carbonyl (C=O) groups excluding carboxylic acids is 1. The fourth-order valence-electron chi connectivity index (χ4n) is 1.68. The minimum absolute atomic E-state index is 0.170. The van der Waals surface area contributed by atoms with E-state index in [1.165, 1.54) is 7.11 Å². The molecule has 0 radical (unpaired) electrons. The summed E-state index contributed by atoms with van der Waals surface area (Å²) in [5, 5.41) is 2.83. The lowest BCUT2D eigenvalue weighted by atomic mass is 10.1. The Bertz CT molecular complexity index is 396. The lowest BCUT2D eigenvalue weighted by molar-refractivity contribution is -0.124. The first-order chi connectivity index (χ1) is 8.60. The third-order valence-electron chi connectivity index (χ3n) is 2.65. The van der Waals surface area contributed by atoms with Crippen molar-refractivity contribution in [2.45, 2.75) is 19.0 Å². The van der Waals surface area contributed by atoms with E-state index in [1.54, 1.807) is 7.11 Å². The Morgan fingerprint density at radius 1 is 1.39 bits per heavy atom. The van der Waals surface area contributed by atoms with Gasteiger partial charge in [0.2, 0.25) is 5.91 Å². The number of hydrogen-bond acceptors (Lipinski definition) is 4. The third kappa shape index (κ3) is 3.72. The van der Waals surface area contributed by atoms with Gasteiger partial charge in [0, 0.05) is 12.7 Å². The van der Waals surface area contributed by atoms with Gasteiger partial charge in [-0.1, -0.05) is 18.2 Å². The molecule has 2 atom stereocenters. The molecule has 18 heavy (non-hydrogen) atoms. The number of benzene rings is 1. The number of para-hydroxylation sites is 1. The molecule has 0 aliphatic carbocycles. The Morgan fingerprint density at radius 3 is 2.67 bits per heavy atom. The van der Waals surface area contributed by atoms with Crippen molar-refractivity contribution in [3.8, 4) is 5.75 Å². The van der Waals surface area contributed by atoms with E-state index in [-0.39, 0.29) is 18.6 Å². The van der Waals surface area contributed by atoms with Crippen molar-refractivity contribution in [1.29, 1.82) is 0 Å². The summed E-state index contributed by atoms with van der Waals surface area (Å²) in [5.74, 6) is 0.501. The van der Waals surface area contributed by atoms with Gasteiger partial charge < -0.3 is 20.5 Å². The minimum atomic E-state index is -0.660. The molecule has 5 heteroatoms. The van der Waals surface area contributed by atoms with Gasteiger partial charge in [0.25, 0.3) is 0 Å². The van der Waals surface area contributed by atoms with Gasteiger partial charge in [-0.3, -0.25) is 4.79 Å². The molecule has 0 heterocycles. The van der Waals surface area contributed by atoms with Crippen molar-refractivity contribution in [3.63, 3.8) is 0 Å². The fourth-order valence-corrected chi connectivity index (χ4v) is 1.68. The van der Waals surface area contributed by atoms with Crippen LogP contribution in [0.25, 0.3) is 0 Å². The summed E-state index contributed by atoms with van der Waals surface area (Å²) in [6.45, 7) is 2.08. The molecule has 0 fully saturated rings. The lowest BCUT2D eigenvalue weighted by Crippen LogP contribution is -2.44. The first kappa shape index (κ1) is 14.5. The van der Waals surface area contributed by atoms with Crippen LogP contribution in [0, 0.1) is 0 Å². The molecule has 0 spiro atoms. The zero-order valence-electron chi connectivity index (χ0n) is 11.0. The first-order valence-electron chi connectivity index (χ1n) is 5.78. The van der Waals surface area contributed by atoms with Crippen LogP contribution in [0.2, 0.25) is 0 Å². The van der Waals surface area contributed by atoms with Crippen molar-refractivity contribution in [3.05, 3.63) is 29.8 Å². The topological polar surface area (TPSA) is 73.6 Å². The number of nitrogens with two attached hydrogens (primary N) is 1. The number of ether oxygens (including phenoxy) is 2. The van der Waals surface area contributed by atoms with Crippen LogP contribution in [0.4, 0.5) is 0 Å².